The molecule has 0 aliphatic carbocycles. The second-order valence-corrected chi connectivity index (χ2v) is 3.55. The summed E-state index contributed by atoms with van der Waals surface area (Å²) in [6, 6.07) is 7.56. The molecule has 0 unspecified atom stereocenters. The van der Waals surface area contributed by atoms with E-state index < -0.39 is 0 Å². The fraction of sp³-hybridized carbons (Fsp3) is 0. The van der Waals surface area contributed by atoms with Gasteiger partial charge in [0.2, 0.25) is 11.9 Å². The average Bonchev–Trinajstić information content (AvgIpc) is 2.46. The maximum Gasteiger partial charge on any atom is 0.241 e. The first-order valence-corrected chi connectivity index (χ1v) is 4.70. The normalized spacial score (nSPS) is 10.4. The highest BCUT2D eigenvalue weighted by molar-refractivity contribution is 9.10. The summed E-state index contributed by atoms with van der Waals surface area (Å²) in [7, 11) is 0. The van der Waals surface area contributed by atoms with Crippen LogP contribution in [-0.4, -0.2) is 14.8 Å². The third kappa shape index (κ3) is 1.44. The summed E-state index contributed by atoms with van der Waals surface area (Å²) in [5, 5.41) is 3.97. The second-order valence-electron chi connectivity index (χ2n) is 2.69. The topological polar surface area (TPSA) is 82.7 Å². The van der Waals surface area contributed by atoms with Crippen molar-refractivity contribution in [1.29, 1.82) is 0 Å². The van der Waals surface area contributed by atoms with E-state index in [0.717, 1.165) is 10.2 Å². The van der Waals surface area contributed by atoms with Crippen molar-refractivity contribution in [1.82, 2.24) is 14.8 Å². The van der Waals surface area contributed by atoms with Crippen LogP contribution in [0.3, 0.4) is 0 Å². The van der Waals surface area contributed by atoms with Gasteiger partial charge in [0.05, 0.1) is 5.69 Å². The summed E-state index contributed by atoms with van der Waals surface area (Å²) < 4.78 is 2.37. The van der Waals surface area contributed by atoms with Crippen molar-refractivity contribution in [2.24, 2.45) is 0 Å². The van der Waals surface area contributed by atoms with Crippen molar-refractivity contribution in [2.75, 3.05) is 11.5 Å². The molecule has 0 saturated carbocycles. The second kappa shape index (κ2) is 3.30. The van der Waals surface area contributed by atoms with E-state index in [1.807, 2.05) is 24.3 Å². The molecule has 2 rings (SSSR count). The predicted molar refractivity (Wildman–Crippen MR) is 57.9 cm³/mol. The van der Waals surface area contributed by atoms with E-state index in [9.17, 15) is 0 Å². The van der Waals surface area contributed by atoms with Crippen LogP contribution in [0.15, 0.2) is 28.7 Å². The molecule has 0 radical (unpaired) electrons. The average molecular weight is 254 g/mol. The van der Waals surface area contributed by atoms with E-state index in [0.29, 0.717) is 0 Å². The van der Waals surface area contributed by atoms with Crippen LogP contribution in [0.5, 0.6) is 0 Å². The van der Waals surface area contributed by atoms with Crippen LogP contribution in [0.25, 0.3) is 5.69 Å². The molecule has 6 heteroatoms. The van der Waals surface area contributed by atoms with Crippen LogP contribution in [-0.2, 0) is 0 Å². The Bertz CT molecular complexity index is 465. The molecule has 0 bridgehead atoms. The minimum atomic E-state index is 0.165. The van der Waals surface area contributed by atoms with Gasteiger partial charge in [0, 0.05) is 4.47 Å². The SMILES string of the molecule is Nc1nc(N)n(-c2ccccc2Br)n1. The van der Waals surface area contributed by atoms with Crippen molar-refractivity contribution in [3.8, 4) is 5.69 Å². The number of anilines is 2. The van der Waals surface area contributed by atoms with E-state index >= 15 is 0 Å². The molecule has 0 fully saturated rings. The zero-order valence-corrected chi connectivity index (χ0v) is 8.77. The summed E-state index contributed by atoms with van der Waals surface area (Å²) in [6.45, 7) is 0. The highest BCUT2D eigenvalue weighted by Crippen LogP contribution is 2.21. The van der Waals surface area contributed by atoms with Gasteiger partial charge in [0.25, 0.3) is 0 Å². The van der Waals surface area contributed by atoms with Crippen LogP contribution in [0.1, 0.15) is 0 Å². The first-order chi connectivity index (χ1) is 6.68. The van der Waals surface area contributed by atoms with Crippen LogP contribution >= 0.6 is 15.9 Å². The molecule has 2 aromatic rings. The molecular formula is C8H8BrN5. The number of nitrogens with zero attached hydrogens (tertiary/aromatic N) is 3. The lowest BCUT2D eigenvalue weighted by Crippen LogP contribution is -2.03. The van der Waals surface area contributed by atoms with Gasteiger partial charge in [-0.2, -0.15) is 9.67 Å². The van der Waals surface area contributed by atoms with Crippen molar-refractivity contribution in [3.05, 3.63) is 28.7 Å². The molecule has 0 spiro atoms. The smallest absolute Gasteiger partial charge is 0.241 e. The summed E-state index contributed by atoms with van der Waals surface area (Å²) in [4.78, 5) is 3.82. The van der Waals surface area contributed by atoms with E-state index in [-0.39, 0.29) is 11.9 Å². The number of rotatable bonds is 1. The third-order valence-electron chi connectivity index (χ3n) is 1.73. The first kappa shape index (κ1) is 9.01. The Morgan fingerprint density at radius 2 is 1.93 bits per heavy atom. The number of aromatic nitrogens is 3. The molecule has 1 heterocycles. The van der Waals surface area contributed by atoms with Crippen LogP contribution in [0, 0.1) is 0 Å². The minimum Gasteiger partial charge on any atom is -0.368 e. The lowest BCUT2D eigenvalue weighted by molar-refractivity contribution is 0.891. The molecule has 5 nitrogen and oxygen atoms in total. The van der Waals surface area contributed by atoms with E-state index in [1.54, 1.807) is 0 Å². The molecular weight excluding hydrogens is 246 g/mol. The summed E-state index contributed by atoms with van der Waals surface area (Å²) in [5.74, 6) is 0.438. The van der Waals surface area contributed by atoms with Crippen molar-refractivity contribution in [3.63, 3.8) is 0 Å². The molecule has 0 aliphatic heterocycles. The Morgan fingerprint density at radius 1 is 1.21 bits per heavy atom. The monoisotopic (exact) mass is 253 g/mol. The Kier molecular flexibility index (Phi) is 2.12. The number of hydrogen-bond acceptors (Lipinski definition) is 4. The van der Waals surface area contributed by atoms with Gasteiger partial charge >= 0.3 is 0 Å². The van der Waals surface area contributed by atoms with Crippen LogP contribution in [0.4, 0.5) is 11.9 Å². The largest absolute Gasteiger partial charge is 0.368 e. The highest BCUT2D eigenvalue weighted by Gasteiger charge is 2.08. The number of hydrogen-bond donors (Lipinski definition) is 2. The Balaban J connectivity index is 2.60. The van der Waals surface area contributed by atoms with Gasteiger partial charge in [-0.3, -0.25) is 0 Å². The first-order valence-electron chi connectivity index (χ1n) is 3.91. The molecule has 0 amide bonds. The van der Waals surface area contributed by atoms with Gasteiger partial charge in [-0.15, -0.1) is 5.10 Å². The van der Waals surface area contributed by atoms with Crippen molar-refractivity contribution in [2.45, 2.75) is 0 Å². The quantitative estimate of drug-likeness (QED) is 0.800. The van der Waals surface area contributed by atoms with Crippen molar-refractivity contribution < 1.29 is 0 Å². The third-order valence-corrected chi connectivity index (χ3v) is 2.40. The molecule has 0 atom stereocenters. The standard InChI is InChI=1S/C8H8BrN5/c9-5-3-1-2-4-6(5)14-8(11)12-7(10)13-14/h1-4H,(H4,10,11,12,13). The highest BCUT2D eigenvalue weighted by atomic mass is 79.9. The molecule has 72 valence electrons. The Morgan fingerprint density at radius 3 is 2.50 bits per heavy atom. The minimum absolute atomic E-state index is 0.165. The van der Waals surface area contributed by atoms with Crippen molar-refractivity contribution >= 4 is 27.8 Å². The summed E-state index contributed by atoms with van der Waals surface area (Å²) in [5.41, 5.74) is 11.9. The Labute approximate surface area is 88.9 Å². The maximum absolute atomic E-state index is 5.63. The summed E-state index contributed by atoms with van der Waals surface area (Å²) >= 11 is 3.39. The van der Waals surface area contributed by atoms with Gasteiger partial charge in [-0.25, -0.2) is 0 Å². The van der Waals surface area contributed by atoms with E-state index in [2.05, 4.69) is 26.0 Å². The molecule has 0 saturated heterocycles. The lowest BCUT2D eigenvalue weighted by Gasteiger charge is -2.03. The molecule has 1 aromatic carbocycles. The van der Waals surface area contributed by atoms with E-state index in [4.69, 9.17) is 11.5 Å². The van der Waals surface area contributed by atoms with Gasteiger partial charge in [-0.05, 0) is 28.1 Å². The molecule has 0 aliphatic rings. The molecule has 4 N–H and O–H groups in total. The zero-order chi connectivity index (χ0) is 10.1. The maximum atomic E-state index is 5.63. The number of benzene rings is 1. The molecule has 14 heavy (non-hydrogen) atoms. The van der Waals surface area contributed by atoms with Crippen LogP contribution < -0.4 is 11.5 Å². The van der Waals surface area contributed by atoms with Gasteiger partial charge < -0.3 is 11.5 Å². The van der Waals surface area contributed by atoms with E-state index in [1.165, 1.54) is 4.68 Å². The fourth-order valence-electron chi connectivity index (χ4n) is 1.14. The van der Waals surface area contributed by atoms with Crippen LogP contribution in [0.2, 0.25) is 0 Å². The van der Waals surface area contributed by atoms with Gasteiger partial charge in [0.15, 0.2) is 0 Å². The van der Waals surface area contributed by atoms with Gasteiger partial charge in [-0.1, -0.05) is 12.1 Å². The Hall–Kier alpha value is -1.56. The number of halogens is 1. The fourth-order valence-corrected chi connectivity index (χ4v) is 1.59. The predicted octanol–water partition coefficient (Wildman–Crippen LogP) is 1.19. The number of para-hydroxylation sites is 1. The summed E-state index contributed by atoms with van der Waals surface area (Å²) in [6.07, 6.45) is 0. The number of nitrogens with two attached hydrogens (primary N) is 2. The molecule has 1 aromatic heterocycles. The zero-order valence-electron chi connectivity index (χ0n) is 7.18. The van der Waals surface area contributed by atoms with Gasteiger partial charge in [0.1, 0.15) is 0 Å². The lowest BCUT2D eigenvalue weighted by atomic mass is 10.3. The number of nitrogen functional groups attached to an aromatic ring is 2.